The van der Waals surface area contributed by atoms with E-state index in [0.29, 0.717) is 19.5 Å². The number of hydrogen-bond donors (Lipinski definition) is 2. The van der Waals surface area contributed by atoms with E-state index in [1.54, 1.807) is 0 Å². The Balaban J connectivity index is 1.87. The Morgan fingerprint density at radius 1 is 1.29 bits per heavy atom. The fraction of sp³-hybridized carbons (Fsp3) is 0.409. The Kier molecular flexibility index (Phi) is 8.34. The lowest BCUT2D eigenvalue weighted by Gasteiger charge is -2.21. The molecular formula is C22H24BrClF3N3O3S. The van der Waals surface area contributed by atoms with E-state index in [1.165, 1.54) is 31.2 Å². The second kappa shape index (κ2) is 10.5. The Morgan fingerprint density at radius 2 is 2.00 bits per heavy atom. The van der Waals surface area contributed by atoms with Crippen LogP contribution in [-0.4, -0.2) is 44.1 Å². The number of halogens is 5. The molecule has 1 atom stereocenters. The van der Waals surface area contributed by atoms with Crippen molar-refractivity contribution in [1.29, 1.82) is 0 Å². The molecule has 0 bridgehead atoms. The molecule has 0 saturated carbocycles. The zero-order chi connectivity index (χ0) is 25.3. The summed E-state index contributed by atoms with van der Waals surface area (Å²) in [7, 11) is -3.59. The molecule has 1 aliphatic heterocycles. The highest BCUT2D eigenvalue weighted by atomic mass is 79.9. The minimum atomic E-state index is -4.68. The number of carbonyl (C=O) groups excluding carboxylic acids is 1. The minimum absolute atomic E-state index is 0.0102. The lowest BCUT2D eigenvalue weighted by molar-refractivity contribution is -0.138. The summed E-state index contributed by atoms with van der Waals surface area (Å²) in [6, 6.07) is 6.25. The predicted octanol–water partition coefficient (Wildman–Crippen LogP) is 4.38. The van der Waals surface area contributed by atoms with Gasteiger partial charge in [0.2, 0.25) is 0 Å². The molecule has 1 heterocycles. The van der Waals surface area contributed by atoms with Gasteiger partial charge in [0.25, 0.3) is 5.91 Å². The summed E-state index contributed by atoms with van der Waals surface area (Å²) in [6.07, 6.45) is -3.97. The Labute approximate surface area is 209 Å². The Bertz CT molecular complexity index is 1190. The highest BCUT2D eigenvalue weighted by Crippen LogP contribution is 2.37. The van der Waals surface area contributed by atoms with Gasteiger partial charge in [0.05, 0.1) is 16.2 Å². The van der Waals surface area contributed by atoms with E-state index in [4.69, 9.17) is 17.3 Å². The van der Waals surface area contributed by atoms with Gasteiger partial charge >= 0.3 is 6.18 Å². The van der Waals surface area contributed by atoms with Gasteiger partial charge < -0.3 is 11.1 Å². The van der Waals surface area contributed by atoms with E-state index >= 15 is 0 Å². The number of nitrogens with one attached hydrogen (secondary N) is 1. The first kappa shape index (κ1) is 26.9. The molecule has 2 aromatic rings. The van der Waals surface area contributed by atoms with Gasteiger partial charge in [-0.1, -0.05) is 34.5 Å². The van der Waals surface area contributed by atoms with Crippen molar-refractivity contribution in [2.75, 3.05) is 18.8 Å². The van der Waals surface area contributed by atoms with Crippen LogP contribution < -0.4 is 11.1 Å². The van der Waals surface area contributed by atoms with Crippen molar-refractivity contribution < 1.29 is 26.4 Å². The molecule has 0 spiro atoms. The fourth-order valence-electron chi connectivity index (χ4n) is 3.83. The number of nitrogens with zero attached hydrogens (tertiary/aromatic N) is 1. The predicted molar refractivity (Wildman–Crippen MR) is 127 cm³/mol. The van der Waals surface area contributed by atoms with E-state index in [9.17, 15) is 26.4 Å². The van der Waals surface area contributed by atoms with Crippen molar-refractivity contribution in [3.63, 3.8) is 0 Å². The number of amides is 1. The smallest absolute Gasteiger partial charge is 0.348 e. The molecule has 0 aromatic heterocycles. The summed E-state index contributed by atoms with van der Waals surface area (Å²) < 4.78 is 66.4. The number of hydrogen-bond acceptors (Lipinski definition) is 5. The second-order valence-electron chi connectivity index (χ2n) is 8.10. The molecule has 0 unspecified atom stereocenters. The van der Waals surface area contributed by atoms with Crippen LogP contribution in [0.4, 0.5) is 13.2 Å². The maximum Gasteiger partial charge on any atom is 0.416 e. The maximum absolute atomic E-state index is 13.9. The van der Waals surface area contributed by atoms with Gasteiger partial charge in [-0.15, -0.1) is 0 Å². The summed E-state index contributed by atoms with van der Waals surface area (Å²) in [5.41, 5.74) is 5.03. The largest absolute Gasteiger partial charge is 0.416 e. The molecule has 3 N–H and O–H groups in total. The third kappa shape index (κ3) is 6.31. The highest BCUT2D eigenvalue weighted by molar-refractivity contribution is 9.10. The van der Waals surface area contributed by atoms with Gasteiger partial charge in [0.1, 0.15) is 0 Å². The first-order valence-corrected chi connectivity index (χ1v) is 13.3. The van der Waals surface area contributed by atoms with E-state index in [-0.39, 0.29) is 56.0 Å². The number of carbonyl (C=O) groups is 1. The fourth-order valence-corrected chi connectivity index (χ4v) is 5.73. The van der Waals surface area contributed by atoms with Crippen LogP contribution in [0.25, 0.3) is 0 Å². The molecule has 0 radical (unpaired) electrons. The number of alkyl halides is 3. The summed E-state index contributed by atoms with van der Waals surface area (Å²) in [5.74, 6) is -0.929. The number of benzene rings is 2. The molecule has 1 saturated heterocycles. The molecule has 2 aromatic carbocycles. The molecule has 186 valence electrons. The van der Waals surface area contributed by atoms with Crippen molar-refractivity contribution in [3.05, 3.63) is 62.1 Å². The monoisotopic (exact) mass is 581 g/mol. The van der Waals surface area contributed by atoms with Crippen LogP contribution in [0, 0.1) is 0 Å². The number of sulfone groups is 1. The van der Waals surface area contributed by atoms with Gasteiger partial charge in [-0.3, -0.25) is 9.69 Å². The van der Waals surface area contributed by atoms with E-state index in [2.05, 4.69) is 21.2 Å². The summed E-state index contributed by atoms with van der Waals surface area (Å²) in [5, 5.41) is 2.78. The van der Waals surface area contributed by atoms with Crippen molar-refractivity contribution >= 4 is 43.3 Å². The van der Waals surface area contributed by atoms with Crippen LogP contribution in [0.1, 0.15) is 40.4 Å². The van der Waals surface area contributed by atoms with Gasteiger partial charge in [-0.25, -0.2) is 8.42 Å². The SMILES string of the molecule is CCS(=O)(=O)c1ccc(Cl)cc1CNC(=O)c1cc(Br)c(CN2CC[C@@H](N)C2)c(C(F)(F)F)c1. The van der Waals surface area contributed by atoms with Crippen molar-refractivity contribution in [1.82, 2.24) is 10.2 Å². The quantitative estimate of drug-likeness (QED) is 0.506. The molecule has 3 rings (SSSR count). The second-order valence-corrected chi connectivity index (χ2v) is 11.6. The van der Waals surface area contributed by atoms with Crippen molar-refractivity contribution in [2.45, 2.75) is 43.5 Å². The maximum atomic E-state index is 13.9. The highest BCUT2D eigenvalue weighted by Gasteiger charge is 2.36. The molecule has 0 aliphatic carbocycles. The normalized spacial score (nSPS) is 17.2. The molecule has 6 nitrogen and oxygen atoms in total. The molecule has 1 fully saturated rings. The minimum Gasteiger partial charge on any atom is -0.348 e. The van der Waals surface area contributed by atoms with Crippen LogP contribution >= 0.6 is 27.5 Å². The van der Waals surface area contributed by atoms with E-state index < -0.39 is 27.5 Å². The molecular weight excluding hydrogens is 559 g/mol. The van der Waals surface area contributed by atoms with Gasteiger partial charge in [-0.2, -0.15) is 13.2 Å². The Hall–Kier alpha value is -1.66. The van der Waals surface area contributed by atoms with E-state index in [1.807, 2.05) is 4.90 Å². The average molecular weight is 583 g/mol. The molecule has 1 aliphatic rings. The van der Waals surface area contributed by atoms with Crippen LogP contribution in [0.2, 0.25) is 5.02 Å². The van der Waals surface area contributed by atoms with Crippen LogP contribution in [0.3, 0.4) is 0 Å². The van der Waals surface area contributed by atoms with Crippen molar-refractivity contribution in [3.8, 4) is 0 Å². The summed E-state index contributed by atoms with van der Waals surface area (Å²) in [6.45, 7) is 2.40. The van der Waals surface area contributed by atoms with Crippen LogP contribution in [-0.2, 0) is 29.1 Å². The standard InChI is InChI=1S/C22H24BrClF3N3O3S/c1-2-34(32,33)20-4-3-15(24)7-14(20)10-29-21(31)13-8-18(22(25,26)27)17(19(23)9-13)12-30-6-5-16(28)11-30/h3-4,7-9,16H,2,5-6,10-12,28H2,1H3,(H,29,31)/t16-/m1/s1. The lowest BCUT2D eigenvalue weighted by atomic mass is 10.0. The van der Waals surface area contributed by atoms with Crippen molar-refractivity contribution in [2.24, 2.45) is 5.73 Å². The number of nitrogens with two attached hydrogens (primary N) is 1. The van der Waals surface area contributed by atoms with Gasteiger partial charge in [0.15, 0.2) is 9.84 Å². The summed E-state index contributed by atoms with van der Waals surface area (Å²) in [4.78, 5) is 14.6. The lowest BCUT2D eigenvalue weighted by Crippen LogP contribution is -2.28. The first-order valence-electron chi connectivity index (χ1n) is 10.5. The van der Waals surface area contributed by atoms with Gasteiger partial charge in [0, 0.05) is 47.3 Å². The number of rotatable bonds is 7. The zero-order valence-corrected chi connectivity index (χ0v) is 21.4. The first-order chi connectivity index (χ1) is 15.8. The average Bonchev–Trinajstić information content (AvgIpc) is 3.17. The van der Waals surface area contributed by atoms with Crippen LogP contribution in [0.15, 0.2) is 39.7 Å². The third-order valence-electron chi connectivity index (χ3n) is 5.63. The molecule has 12 heteroatoms. The third-order valence-corrected chi connectivity index (χ3v) is 8.40. The molecule has 1 amide bonds. The topological polar surface area (TPSA) is 92.5 Å². The molecule has 34 heavy (non-hydrogen) atoms. The van der Waals surface area contributed by atoms with E-state index in [0.717, 1.165) is 6.07 Å². The zero-order valence-electron chi connectivity index (χ0n) is 18.3. The Morgan fingerprint density at radius 3 is 2.59 bits per heavy atom. The van der Waals surface area contributed by atoms with Crippen LogP contribution in [0.5, 0.6) is 0 Å². The van der Waals surface area contributed by atoms with Gasteiger partial charge in [-0.05, 0) is 47.9 Å². The number of likely N-dealkylation sites (tertiary alicyclic amines) is 1. The summed E-state index contributed by atoms with van der Waals surface area (Å²) >= 11 is 9.18.